The van der Waals surface area contributed by atoms with Gasteiger partial charge in [-0.1, -0.05) is 24.3 Å². The van der Waals surface area contributed by atoms with E-state index in [0.717, 1.165) is 20.9 Å². The van der Waals surface area contributed by atoms with Crippen LogP contribution in [0.3, 0.4) is 0 Å². The standard InChI is InChI=1S/C15H20N4O4S/c1-17-13(16)12(14(20)18(2)15(17)21)24(22,23)19-8-7-10-5-3-4-6-11(10)9-19/h3-6,12-13H,7-9,16H2,1-2H3. The van der Waals surface area contributed by atoms with Gasteiger partial charge < -0.3 is 10.6 Å². The third-order valence-corrected chi connectivity index (χ3v) is 6.85. The van der Waals surface area contributed by atoms with Gasteiger partial charge in [0.25, 0.3) is 5.91 Å². The summed E-state index contributed by atoms with van der Waals surface area (Å²) in [6.07, 6.45) is -0.626. The molecule has 24 heavy (non-hydrogen) atoms. The fourth-order valence-corrected chi connectivity index (χ4v) is 5.08. The molecule has 9 heteroatoms. The molecule has 0 spiro atoms. The van der Waals surface area contributed by atoms with E-state index in [1.165, 1.54) is 18.4 Å². The summed E-state index contributed by atoms with van der Waals surface area (Å²) in [5, 5.41) is -1.49. The average Bonchev–Trinajstić information content (AvgIpc) is 2.57. The van der Waals surface area contributed by atoms with Crippen LogP contribution in [-0.2, 0) is 27.8 Å². The number of hydrogen-bond donors (Lipinski definition) is 1. The van der Waals surface area contributed by atoms with Gasteiger partial charge in [-0.15, -0.1) is 0 Å². The van der Waals surface area contributed by atoms with E-state index in [4.69, 9.17) is 5.73 Å². The topological polar surface area (TPSA) is 104 Å². The van der Waals surface area contributed by atoms with E-state index >= 15 is 0 Å². The van der Waals surface area contributed by atoms with Gasteiger partial charge in [0, 0.05) is 27.2 Å². The van der Waals surface area contributed by atoms with Crippen LogP contribution >= 0.6 is 0 Å². The molecular formula is C15H20N4O4S. The fraction of sp³-hybridized carbons (Fsp3) is 0.467. The van der Waals surface area contributed by atoms with Crippen LogP contribution in [0, 0.1) is 0 Å². The predicted octanol–water partition coefficient (Wildman–Crippen LogP) is -0.448. The summed E-state index contributed by atoms with van der Waals surface area (Å²) < 4.78 is 27.3. The predicted molar refractivity (Wildman–Crippen MR) is 87.2 cm³/mol. The molecule has 130 valence electrons. The van der Waals surface area contributed by atoms with Gasteiger partial charge in [-0.25, -0.2) is 13.2 Å². The zero-order valence-corrected chi connectivity index (χ0v) is 14.4. The molecule has 8 nitrogen and oxygen atoms in total. The van der Waals surface area contributed by atoms with E-state index < -0.39 is 33.4 Å². The number of nitrogens with zero attached hydrogens (tertiary/aromatic N) is 3. The Bertz CT molecular complexity index is 794. The number of rotatable bonds is 2. The lowest BCUT2D eigenvalue weighted by Crippen LogP contribution is -2.68. The second kappa shape index (κ2) is 5.83. The first-order chi connectivity index (χ1) is 11.2. The number of carbonyl (C=O) groups excluding carboxylic acids is 2. The van der Waals surface area contributed by atoms with Gasteiger partial charge in [0.1, 0.15) is 6.17 Å². The Balaban J connectivity index is 1.93. The molecule has 2 aliphatic rings. The zero-order chi connectivity index (χ0) is 17.6. The van der Waals surface area contributed by atoms with E-state index in [0.29, 0.717) is 6.42 Å². The van der Waals surface area contributed by atoms with Crippen LogP contribution < -0.4 is 5.73 Å². The molecule has 3 rings (SSSR count). The molecule has 1 fully saturated rings. The zero-order valence-electron chi connectivity index (χ0n) is 13.5. The molecule has 0 aromatic heterocycles. The first kappa shape index (κ1) is 16.9. The smallest absolute Gasteiger partial charge is 0.310 e. The summed E-state index contributed by atoms with van der Waals surface area (Å²) >= 11 is 0. The summed E-state index contributed by atoms with van der Waals surface area (Å²) in [5.41, 5.74) is 7.93. The Kier molecular flexibility index (Phi) is 4.10. The van der Waals surface area contributed by atoms with Crippen LogP contribution in [0.4, 0.5) is 4.79 Å². The van der Waals surface area contributed by atoms with Crippen molar-refractivity contribution in [3.8, 4) is 0 Å². The normalized spacial score (nSPS) is 25.8. The number of imide groups is 1. The van der Waals surface area contributed by atoms with E-state index in [1.807, 2.05) is 24.3 Å². The second-order valence-electron chi connectivity index (χ2n) is 6.10. The summed E-state index contributed by atoms with van der Waals surface area (Å²) in [6.45, 7) is 0.494. The van der Waals surface area contributed by atoms with Crippen LogP contribution in [-0.4, -0.2) is 66.5 Å². The molecule has 2 aliphatic heterocycles. The minimum atomic E-state index is -3.99. The molecule has 0 saturated carbocycles. The molecule has 1 aromatic rings. The van der Waals surface area contributed by atoms with Gasteiger partial charge in [0.15, 0.2) is 5.25 Å². The molecule has 2 unspecified atom stereocenters. The quantitative estimate of drug-likeness (QED) is 0.776. The number of sulfonamides is 1. The molecule has 0 aliphatic carbocycles. The van der Waals surface area contributed by atoms with Crippen molar-refractivity contribution >= 4 is 22.0 Å². The number of fused-ring (bicyclic) bond motifs is 1. The maximum Gasteiger partial charge on any atom is 0.327 e. The maximum atomic E-state index is 13.0. The van der Waals surface area contributed by atoms with Crippen molar-refractivity contribution in [3.63, 3.8) is 0 Å². The Morgan fingerprint density at radius 1 is 1.12 bits per heavy atom. The highest BCUT2D eigenvalue weighted by Gasteiger charge is 2.51. The highest BCUT2D eigenvalue weighted by Crippen LogP contribution is 2.26. The molecule has 0 bridgehead atoms. The molecule has 2 N–H and O–H groups in total. The summed E-state index contributed by atoms with van der Waals surface area (Å²) in [7, 11) is -1.33. The Morgan fingerprint density at radius 3 is 2.42 bits per heavy atom. The third-order valence-electron chi connectivity index (χ3n) is 4.70. The average molecular weight is 352 g/mol. The molecule has 2 atom stereocenters. The first-order valence-corrected chi connectivity index (χ1v) is 9.11. The number of amides is 3. The molecule has 1 saturated heterocycles. The van der Waals surface area contributed by atoms with Crippen LogP contribution in [0.5, 0.6) is 0 Å². The number of benzene rings is 1. The van der Waals surface area contributed by atoms with Crippen molar-refractivity contribution in [2.45, 2.75) is 24.4 Å². The molecule has 1 aromatic carbocycles. The van der Waals surface area contributed by atoms with Gasteiger partial charge in [-0.2, -0.15) is 4.31 Å². The van der Waals surface area contributed by atoms with Crippen LogP contribution in [0.15, 0.2) is 24.3 Å². The Labute approximate surface area is 140 Å². The van der Waals surface area contributed by atoms with E-state index in [2.05, 4.69) is 0 Å². The van der Waals surface area contributed by atoms with Crippen molar-refractivity contribution in [3.05, 3.63) is 35.4 Å². The van der Waals surface area contributed by atoms with E-state index in [-0.39, 0.29) is 13.1 Å². The van der Waals surface area contributed by atoms with Crippen LogP contribution in [0.25, 0.3) is 0 Å². The van der Waals surface area contributed by atoms with E-state index in [9.17, 15) is 18.0 Å². The van der Waals surface area contributed by atoms with Gasteiger partial charge in [-0.05, 0) is 17.5 Å². The maximum absolute atomic E-state index is 13.0. The number of carbonyl (C=O) groups is 2. The number of nitrogens with two attached hydrogens (primary N) is 1. The Morgan fingerprint density at radius 2 is 1.75 bits per heavy atom. The highest BCUT2D eigenvalue weighted by atomic mass is 32.2. The van der Waals surface area contributed by atoms with E-state index in [1.54, 1.807) is 0 Å². The fourth-order valence-electron chi connectivity index (χ4n) is 3.15. The van der Waals surface area contributed by atoms with Gasteiger partial charge in [0.2, 0.25) is 10.0 Å². The van der Waals surface area contributed by atoms with Crippen molar-refractivity contribution in [2.24, 2.45) is 5.73 Å². The largest absolute Gasteiger partial charge is 0.327 e. The molecular weight excluding hydrogens is 332 g/mol. The van der Waals surface area contributed by atoms with Gasteiger partial charge in [0.05, 0.1) is 0 Å². The minimum absolute atomic E-state index is 0.205. The molecule has 0 radical (unpaired) electrons. The summed E-state index contributed by atoms with van der Waals surface area (Å²) in [6, 6.07) is 7.01. The van der Waals surface area contributed by atoms with Crippen LogP contribution in [0.1, 0.15) is 11.1 Å². The SMILES string of the molecule is CN1C(=O)C(S(=O)(=O)N2CCc3ccccc3C2)C(N)N(C)C1=O. The van der Waals surface area contributed by atoms with Crippen molar-refractivity contribution in [1.29, 1.82) is 0 Å². The Hall–Kier alpha value is -1.97. The highest BCUT2D eigenvalue weighted by molar-refractivity contribution is 7.90. The van der Waals surface area contributed by atoms with Gasteiger partial charge in [-0.3, -0.25) is 9.69 Å². The third kappa shape index (κ3) is 2.48. The van der Waals surface area contributed by atoms with Crippen LogP contribution in [0.2, 0.25) is 0 Å². The first-order valence-electron chi connectivity index (χ1n) is 7.61. The van der Waals surface area contributed by atoms with Gasteiger partial charge >= 0.3 is 6.03 Å². The van der Waals surface area contributed by atoms with Crippen molar-refractivity contribution in [2.75, 3.05) is 20.6 Å². The lowest BCUT2D eigenvalue weighted by molar-refractivity contribution is -0.130. The minimum Gasteiger partial charge on any atom is -0.310 e. The summed E-state index contributed by atoms with van der Waals surface area (Å²) in [4.78, 5) is 26.2. The number of urea groups is 1. The summed E-state index contributed by atoms with van der Waals surface area (Å²) in [5.74, 6) is -0.788. The lowest BCUT2D eigenvalue weighted by Gasteiger charge is -2.41. The molecule has 3 amide bonds. The monoisotopic (exact) mass is 352 g/mol. The van der Waals surface area contributed by atoms with Crippen molar-refractivity contribution in [1.82, 2.24) is 14.1 Å². The lowest BCUT2D eigenvalue weighted by atomic mass is 10.0. The molecule has 2 heterocycles. The van der Waals surface area contributed by atoms with Crippen molar-refractivity contribution < 1.29 is 18.0 Å². The number of hydrogen-bond acceptors (Lipinski definition) is 5. The second-order valence-corrected chi connectivity index (χ2v) is 8.15.